The molecule has 0 unspecified atom stereocenters. The van der Waals surface area contributed by atoms with E-state index in [1.807, 2.05) is 49.4 Å². The summed E-state index contributed by atoms with van der Waals surface area (Å²) in [6.45, 7) is 1.86. The maximum atomic E-state index is 12.8. The highest BCUT2D eigenvalue weighted by molar-refractivity contribution is 5.94. The lowest BCUT2D eigenvalue weighted by molar-refractivity contribution is -0.384. The Morgan fingerprint density at radius 2 is 1.56 bits per heavy atom. The van der Waals surface area contributed by atoms with Gasteiger partial charge in [-0.15, -0.1) is 0 Å². The van der Waals surface area contributed by atoms with Gasteiger partial charge in [0.2, 0.25) is 0 Å². The first-order valence-electron chi connectivity index (χ1n) is 8.64. The molecule has 0 aliphatic heterocycles. The molecule has 0 saturated carbocycles. The number of non-ortho nitro benzene ring substituents is 1. The van der Waals surface area contributed by atoms with E-state index in [9.17, 15) is 14.9 Å². The second-order valence-electron chi connectivity index (χ2n) is 6.39. The zero-order valence-corrected chi connectivity index (χ0v) is 15.2. The summed E-state index contributed by atoms with van der Waals surface area (Å²) in [5, 5.41) is 11.0. The molecule has 0 spiro atoms. The molecule has 1 amide bonds. The molecule has 27 heavy (non-hydrogen) atoms. The van der Waals surface area contributed by atoms with Crippen molar-refractivity contribution in [2.24, 2.45) is 0 Å². The lowest BCUT2D eigenvalue weighted by Gasteiger charge is -2.25. The van der Waals surface area contributed by atoms with Crippen LogP contribution >= 0.6 is 0 Å². The van der Waals surface area contributed by atoms with Gasteiger partial charge in [-0.2, -0.15) is 0 Å². The molecule has 0 N–H and O–H groups in total. The van der Waals surface area contributed by atoms with Crippen LogP contribution in [0.5, 0.6) is 0 Å². The molecule has 0 aliphatic carbocycles. The molecule has 0 bridgehead atoms. The minimum absolute atomic E-state index is 0.0208. The molecular weight excluding hydrogens is 340 g/mol. The third kappa shape index (κ3) is 4.03. The molecule has 3 aromatic carbocycles. The Labute approximate surface area is 158 Å². The minimum Gasteiger partial charge on any atom is -0.335 e. The Morgan fingerprint density at radius 3 is 2.19 bits per heavy atom. The molecule has 0 aliphatic rings. The number of carbonyl (C=O) groups excluding carboxylic acids is 1. The largest absolute Gasteiger partial charge is 0.335 e. The highest BCUT2D eigenvalue weighted by Gasteiger charge is 2.20. The third-order valence-electron chi connectivity index (χ3n) is 4.70. The van der Waals surface area contributed by atoms with E-state index in [2.05, 4.69) is 0 Å². The summed E-state index contributed by atoms with van der Waals surface area (Å²) < 4.78 is 0. The Kier molecular flexibility index (Phi) is 5.31. The fraction of sp³-hybridized carbons (Fsp3) is 0.136. The van der Waals surface area contributed by atoms with Gasteiger partial charge < -0.3 is 4.90 Å². The van der Waals surface area contributed by atoms with Crippen molar-refractivity contribution in [2.75, 3.05) is 7.05 Å². The number of nitro groups is 1. The maximum absolute atomic E-state index is 12.8. The summed E-state index contributed by atoms with van der Waals surface area (Å²) in [5.74, 6) is -0.131. The Balaban J connectivity index is 1.78. The van der Waals surface area contributed by atoms with Crippen molar-refractivity contribution in [3.63, 3.8) is 0 Å². The first kappa shape index (κ1) is 18.3. The number of carbonyl (C=O) groups is 1. The predicted molar refractivity (Wildman–Crippen MR) is 105 cm³/mol. The zero-order chi connectivity index (χ0) is 19.4. The molecule has 5 nitrogen and oxygen atoms in total. The fourth-order valence-corrected chi connectivity index (χ4v) is 2.94. The number of benzene rings is 3. The van der Waals surface area contributed by atoms with Gasteiger partial charge in [-0.1, -0.05) is 54.6 Å². The van der Waals surface area contributed by atoms with Crippen LogP contribution in [-0.2, 0) is 0 Å². The molecule has 3 rings (SSSR count). The highest BCUT2D eigenvalue weighted by Crippen LogP contribution is 2.25. The van der Waals surface area contributed by atoms with Crippen molar-refractivity contribution in [3.05, 3.63) is 100 Å². The van der Waals surface area contributed by atoms with Crippen molar-refractivity contribution in [1.82, 2.24) is 4.90 Å². The minimum atomic E-state index is -0.430. The standard InChI is InChI=1S/C22H20N2O3/c1-16(20-9-6-10-21(15-20)24(26)27)23(2)22(25)19-13-11-18(12-14-19)17-7-4-3-5-8-17/h3-16H,1-2H3/t16-/m0/s1. The average Bonchev–Trinajstić information content (AvgIpc) is 2.73. The Bertz CT molecular complexity index is 953. The number of hydrogen-bond acceptors (Lipinski definition) is 3. The molecule has 0 saturated heterocycles. The van der Waals surface area contributed by atoms with Crippen LogP contribution in [0.1, 0.15) is 28.9 Å². The lowest BCUT2D eigenvalue weighted by atomic mass is 10.0. The van der Waals surface area contributed by atoms with Crippen LogP contribution in [0, 0.1) is 10.1 Å². The molecule has 3 aromatic rings. The monoisotopic (exact) mass is 360 g/mol. The molecule has 0 fully saturated rings. The van der Waals surface area contributed by atoms with Crippen molar-refractivity contribution in [1.29, 1.82) is 0 Å². The molecule has 0 aromatic heterocycles. The van der Waals surface area contributed by atoms with Gasteiger partial charge in [0.25, 0.3) is 11.6 Å². The van der Waals surface area contributed by atoms with Crippen LogP contribution in [0.3, 0.4) is 0 Å². The third-order valence-corrected chi connectivity index (χ3v) is 4.70. The normalized spacial score (nSPS) is 11.6. The van der Waals surface area contributed by atoms with Gasteiger partial charge in [0.1, 0.15) is 0 Å². The second-order valence-corrected chi connectivity index (χ2v) is 6.39. The van der Waals surface area contributed by atoms with E-state index in [0.717, 1.165) is 16.7 Å². The topological polar surface area (TPSA) is 63.5 Å². The summed E-state index contributed by atoms with van der Waals surface area (Å²) in [4.78, 5) is 25.0. The molecule has 5 heteroatoms. The van der Waals surface area contributed by atoms with Crippen LogP contribution in [0.15, 0.2) is 78.9 Å². The van der Waals surface area contributed by atoms with Crippen LogP contribution in [0.2, 0.25) is 0 Å². The number of nitrogens with zero attached hydrogens (tertiary/aromatic N) is 2. The zero-order valence-electron chi connectivity index (χ0n) is 15.2. The maximum Gasteiger partial charge on any atom is 0.269 e. The van der Waals surface area contributed by atoms with E-state index in [0.29, 0.717) is 5.56 Å². The summed E-state index contributed by atoms with van der Waals surface area (Å²) in [7, 11) is 1.71. The van der Waals surface area contributed by atoms with E-state index in [4.69, 9.17) is 0 Å². The molecule has 136 valence electrons. The smallest absolute Gasteiger partial charge is 0.269 e. The van der Waals surface area contributed by atoms with E-state index in [1.54, 1.807) is 36.2 Å². The number of amides is 1. The van der Waals surface area contributed by atoms with Crippen LogP contribution in [0.4, 0.5) is 5.69 Å². The van der Waals surface area contributed by atoms with Gasteiger partial charge in [-0.25, -0.2) is 0 Å². The van der Waals surface area contributed by atoms with E-state index >= 15 is 0 Å². The number of hydrogen-bond donors (Lipinski definition) is 0. The first-order chi connectivity index (χ1) is 13.0. The average molecular weight is 360 g/mol. The van der Waals surface area contributed by atoms with Gasteiger partial charge >= 0.3 is 0 Å². The van der Waals surface area contributed by atoms with Crippen molar-refractivity contribution in [3.8, 4) is 11.1 Å². The first-order valence-corrected chi connectivity index (χ1v) is 8.64. The quantitative estimate of drug-likeness (QED) is 0.470. The molecule has 0 radical (unpaired) electrons. The van der Waals surface area contributed by atoms with Crippen LogP contribution in [-0.4, -0.2) is 22.8 Å². The summed E-state index contributed by atoms with van der Waals surface area (Å²) in [5.41, 5.74) is 3.46. The van der Waals surface area contributed by atoms with Gasteiger partial charge in [0, 0.05) is 24.7 Å². The lowest BCUT2D eigenvalue weighted by Crippen LogP contribution is -2.29. The number of nitro benzene ring substituents is 1. The Morgan fingerprint density at radius 1 is 0.926 bits per heavy atom. The van der Waals surface area contributed by atoms with E-state index < -0.39 is 4.92 Å². The molecule has 1 atom stereocenters. The van der Waals surface area contributed by atoms with Crippen LogP contribution < -0.4 is 0 Å². The second kappa shape index (κ2) is 7.83. The summed E-state index contributed by atoms with van der Waals surface area (Å²) >= 11 is 0. The van der Waals surface area contributed by atoms with E-state index in [1.165, 1.54) is 12.1 Å². The van der Waals surface area contributed by atoms with Gasteiger partial charge in [-0.3, -0.25) is 14.9 Å². The van der Waals surface area contributed by atoms with Crippen molar-refractivity contribution < 1.29 is 9.72 Å². The van der Waals surface area contributed by atoms with Gasteiger partial charge in [-0.05, 0) is 35.7 Å². The Hall–Kier alpha value is -3.47. The van der Waals surface area contributed by atoms with Crippen LogP contribution in [0.25, 0.3) is 11.1 Å². The highest BCUT2D eigenvalue weighted by atomic mass is 16.6. The van der Waals surface area contributed by atoms with Gasteiger partial charge in [0.05, 0.1) is 11.0 Å². The number of rotatable bonds is 5. The SMILES string of the molecule is C[C@@H](c1cccc([N+](=O)[O-])c1)N(C)C(=O)c1ccc(-c2ccccc2)cc1. The van der Waals surface area contributed by atoms with Gasteiger partial charge in [0.15, 0.2) is 0 Å². The summed E-state index contributed by atoms with van der Waals surface area (Å²) in [6.07, 6.45) is 0. The van der Waals surface area contributed by atoms with E-state index in [-0.39, 0.29) is 17.6 Å². The molecule has 0 heterocycles. The van der Waals surface area contributed by atoms with Crippen molar-refractivity contribution >= 4 is 11.6 Å². The molecular formula is C22H20N2O3. The fourth-order valence-electron chi connectivity index (χ4n) is 2.94. The summed E-state index contributed by atoms with van der Waals surface area (Å²) in [6, 6.07) is 23.5. The van der Waals surface area contributed by atoms with Crippen molar-refractivity contribution in [2.45, 2.75) is 13.0 Å². The predicted octanol–water partition coefficient (Wildman–Crippen LogP) is 5.10.